The van der Waals surface area contributed by atoms with Gasteiger partial charge in [0.2, 0.25) is 11.8 Å². The van der Waals surface area contributed by atoms with E-state index in [2.05, 4.69) is 17.4 Å². The number of fused-ring (bicyclic) bond motifs is 1. The normalized spacial score (nSPS) is 12.6. The number of halogens is 1. The molecule has 1 N–H and O–H groups in total. The quantitative estimate of drug-likeness (QED) is 0.320. The van der Waals surface area contributed by atoms with E-state index in [-0.39, 0.29) is 6.03 Å². The maximum atomic E-state index is 13.1. The summed E-state index contributed by atoms with van der Waals surface area (Å²) >= 11 is 6.08. The molecule has 8 heteroatoms. The molecular weight excluding hydrogens is 486 g/mol. The number of carbonyl (C=O) groups excluding carboxylic acids is 1. The van der Waals surface area contributed by atoms with Gasteiger partial charge in [-0.25, -0.2) is 9.78 Å². The van der Waals surface area contributed by atoms with E-state index in [1.54, 1.807) is 23.1 Å². The molecule has 0 fully saturated rings. The third kappa shape index (κ3) is 6.01. The van der Waals surface area contributed by atoms with Crippen molar-refractivity contribution in [2.45, 2.75) is 26.4 Å². The van der Waals surface area contributed by atoms with Crippen molar-refractivity contribution in [3.8, 4) is 11.6 Å². The third-order valence-electron chi connectivity index (χ3n) is 6.21. The molecule has 37 heavy (non-hydrogen) atoms. The SMILES string of the molecule is Cc1ccc(Oc2nc(N(C)Cc3ccccc3)nc3c2CN(C(=O)Nc2cccc(Cl)c2)CC3)cc1. The highest BCUT2D eigenvalue weighted by atomic mass is 35.5. The van der Waals surface area contributed by atoms with Crippen LogP contribution in [0.1, 0.15) is 22.4 Å². The van der Waals surface area contributed by atoms with Gasteiger partial charge in [-0.2, -0.15) is 4.98 Å². The molecule has 7 nitrogen and oxygen atoms in total. The Bertz CT molecular complexity index is 1400. The van der Waals surface area contributed by atoms with Crippen molar-refractivity contribution in [2.75, 3.05) is 23.8 Å². The number of ether oxygens (including phenoxy) is 1. The summed E-state index contributed by atoms with van der Waals surface area (Å²) in [5, 5.41) is 3.49. The van der Waals surface area contributed by atoms with Gasteiger partial charge < -0.3 is 19.9 Å². The second-order valence-electron chi connectivity index (χ2n) is 9.12. The molecule has 1 aliphatic heterocycles. The Hall–Kier alpha value is -4.10. The van der Waals surface area contributed by atoms with Crippen LogP contribution in [-0.2, 0) is 19.5 Å². The number of hydrogen-bond acceptors (Lipinski definition) is 5. The standard InChI is InChI=1S/C29H28ClN5O2/c1-20-11-13-24(14-12-20)37-27-25-19-35(29(36)31-23-10-6-9-22(30)17-23)16-15-26(25)32-28(33-27)34(2)18-21-7-4-3-5-8-21/h3-14,17H,15-16,18-19H2,1-2H3,(H,31,36). The lowest BCUT2D eigenvalue weighted by Gasteiger charge is -2.30. The molecule has 0 radical (unpaired) electrons. The molecular formula is C29H28ClN5O2. The summed E-state index contributed by atoms with van der Waals surface area (Å²) in [4.78, 5) is 26.5. The summed E-state index contributed by atoms with van der Waals surface area (Å²) in [6, 6.07) is 24.9. The highest BCUT2D eigenvalue weighted by molar-refractivity contribution is 6.30. The molecule has 1 aromatic heterocycles. The highest BCUT2D eigenvalue weighted by Gasteiger charge is 2.27. The number of hydrogen-bond donors (Lipinski definition) is 1. The first-order chi connectivity index (χ1) is 17.9. The van der Waals surface area contributed by atoms with Gasteiger partial charge >= 0.3 is 6.03 Å². The van der Waals surface area contributed by atoms with E-state index in [9.17, 15) is 4.79 Å². The average molecular weight is 514 g/mol. The number of nitrogens with one attached hydrogen (secondary N) is 1. The van der Waals surface area contributed by atoms with E-state index >= 15 is 0 Å². The fourth-order valence-corrected chi connectivity index (χ4v) is 4.40. The van der Waals surface area contributed by atoms with Gasteiger partial charge in [-0.15, -0.1) is 0 Å². The number of carbonyl (C=O) groups is 1. The van der Waals surface area contributed by atoms with Crippen molar-refractivity contribution in [3.05, 3.63) is 106 Å². The van der Waals surface area contributed by atoms with E-state index in [0.717, 1.165) is 22.4 Å². The maximum Gasteiger partial charge on any atom is 0.322 e. The van der Waals surface area contributed by atoms with Crippen molar-refractivity contribution in [1.29, 1.82) is 0 Å². The van der Waals surface area contributed by atoms with Crippen LogP contribution in [0.3, 0.4) is 0 Å². The number of aryl methyl sites for hydroxylation is 1. The van der Waals surface area contributed by atoms with E-state index < -0.39 is 0 Å². The van der Waals surface area contributed by atoms with Gasteiger partial charge in [0.15, 0.2) is 0 Å². The maximum absolute atomic E-state index is 13.1. The predicted molar refractivity (Wildman–Crippen MR) is 146 cm³/mol. The molecule has 2 heterocycles. The second-order valence-corrected chi connectivity index (χ2v) is 9.56. The highest BCUT2D eigenvalue weighted by Crippen LogP contribution is 2.32. The largest absolute Gasteiger partial charge is 0.438 e. The van der Waals surface area contributed by atoms with Gasteiger partial charge in [-0.3, -0.25) is 0 Å². The molecule has 0 aliphatic carbocycles. The minimum Gasteiger partial charge on any atom is -0.438 e. The van der Waals surface area contributed by atoms with Gasteiger partial charge in [0.25, 0.3) is 0 Å². The van der Waals surface area contributed by atoms with Gasteiger partial charge in [0.1, 0.15) is 5.75 Å². The Morgan fingerprint density at radius 2 is 1.84 bits per heavy atom. The van der Waals surface area contributed by atoms with Crippen molar-refractivity contribution in [1.82, 2.24) is 14.9 Å². The first kappa shape index (κ1) is 24.6. The van der Waals surface area contributed by atoms with Crippen LogP contribution >= 0.6 is 11.6 Å². The van der Waals surface area contributed by atoms with Crippen LogP contribution in [0, 0.1) is 6.92 Å². The predicted octanol–water partition coefficient (Wildman–Crippen LogP) is 6.46. The first-order valence-electron chi connectivity index (χ1n) is 12.2. The van der Waals surface area contributed by atoms with Crippen molar-refractivity contribution in [3.63, 3.8) is 0 Å². The van der Waals surface area contributed by atoms with Crippen LogP contribution < -0.4 is 15.0 Å². The van der Waals surface area contributed by atoms with Gasteiger partial charge in [0, 0.05) is 37.3 Å². The van der Waals surface area contributed by atoms with Gasteiger partial charge in [-0.1, -0.05) is 65.7 Å². The summed E-state index contributed by atoms with van der Waals surface area (Å²) in [6.07, 6.45) is 0.594. The number of urea groups is 1. The Labute approximate surface area is 221 Å². The fraction of sp³-hybridized carbons (Fsp3) is 0.207. The van der Waals surface area contributed by atoms with Crippen LogP contribution in [0.25, 0.3) is 0 Å². The van der Waals surface area contributed by atoms with E-state index in [0.29, 0.717) is 54.3 Å². The number of benzene rings is 3. The number of anilines is 2. The smallest absolute Gasteiger partial charge is 0.322 e. The van der Waals surface area contributed by atoms with Crippen molar-refractivity contribution < 1.29 is 9.53 Å². The number of aromatic nitrogens is 2. The lowest BCUT2D eigenvalue weighted by Crippen LogP contribution is -2.39. The summed E-state index contributed by atoms with van der Waals surface area (Å²) < 4.78 is 6.28. The van der Waals surface area contributed by atoms with E-state index in [1.807, 2.05) is 67.4 Å². The summed E-state index contributed by atoms with van der Waals surface area (Å²) in [7, 11) is 1.97. The zero-order valence-electron chi connectivity index (χ0n) is 20.8. The monoisotopic (exact) mass is 513 g/mol. The third-order valence-corrected chi connectivity index (χ3v) is 6.45. The molecule has 4 aromatic rings. The molecule has 2 amide bonds. The Morgan fingerprint density at radius 3 is 2.59 bits per heavy atom. The van der Waals surface area contributed by atoms with Crippen LogP contribution in [-0.4, -0.2) is 34.5 Å². The molecule has 0 unspecified atom stereocenters. The lowest BCUT2D eigenvalue weighted by atomic mass is 10.1. The van der Waals surface area contributed by atoms with Crippen LogP contribution in [0.4, 0.5) is 16.4 Å². The molecule has 188 valence electrons. The fourth-order valence-electron chi connectivity index (χ4n) is 4.21. The zero-order valence-corrected chi connectivity index (χ0v) is 21.6. The van der Waals surface area contributed by atoms with Crippen molar-refractivity contribution in [2.24, 2.45) is 0 Å². The average Bonchev–Trinajstić information content (AvgIpc) is 2.90. The topological polar surface area (TPSA) is 70.6 Å². The first-order valence-corrected chi connectivity index (χ1v) is 12.5. The summed E-state index contributed by atoms with van der Waals surface area (Å²) in [6.45, 7) is 3.56. The van der Waals surface area contributed by atoms with Gasteiger partial charge in [0.05, 0.1) is 17.8 Å². The molecule has 3 aromatic carbocycles. The molecule has 0 bridgehead atoms. The number of amides is 2. The number of rotatable bonds is 6. The number of nitrogens with zero attached hydrogens (tertiary/aromatic N) is 4. The van der Waals surface area contributed by atoms with Gasteiger partial charge in [-0.05, 0) is 42.8 Å². The van der Waals surface area contributed by atoms with Crippen LogP contribution in [0.5, 0.6) is 11.6 Å². The molecule has 1 aliphatic rings. The Morgan fingerprint density at radius 1 is 1.05 bits per heavy atom. The lowest BCUT2D eigenvalue weighted by molar-refractivity contribution is 0.205. The minimum absolute atomic E-state index is 0.209. The summed E-state index contributed by atoms with van der Waals surface area (Å²) in [5.74, 6) is 1.73. The van der Waals surface area contributed by atoms with Crippen molar-refractivity contribution >= 4 is 29.3 Å². The Balaban J connectivity index is 1.42. The Kier molecular flexibility index (Phi) is 7.23. The molecule has 0 saturated carbocycles. The van der Waals surface area contributed by atoms with E-state index in [1.165, 1.54) is 0 Å². The second kappa shape index (κ2) is 10.9. The van der Waals surface area contributed by atoms with Crippen LogP contribution in [0.15, 0.2) is 78.9 Å². The zero-order chi connectivity index (χ0) is 25.8. The van der Waals surface area contributed by atoms with Crippen LogP contribution in [0.2, 0.25) is 5.02 Å². The molecule has 0 spiro atoms. The molecule has 5 rings (SSSR count). The molecule has 0 atom stereocenters. The minimum atomic E-state index is -0.209. The van der Waals surface area contributed by atoms with E-state index in [4.69, 9.17) is 26.3 Å². The summed E-state index contributed by atoms with van der Waals surface area (Å²) in [5.41, 5.74) is 4.65. The molecule has 0 saturated heterocycles.